The summed E-state index contributed by atoms with van der Waals surface area (Å²) in [5.41, 5.74) is 0. The van der Waals surface area contributed by atoms with E-state index >= 15 is 0 Å². The molecule has 6 heteroatoms. The van der Waals surface area contributed by atoms with E-state index in [0.29, 0.717) is 0 Å². The highest BCUT2D eigenvalue weighted by Gasteiger charge is 2.63. The fourth-order valence-electron chi connectivity index (χ4n) is 1.70. The first-order chi connectivity index (χ1) is 6.09. The molecular formula is C7H12O6. The van der Waals surface area contributed by atoms with E-state index in [2.05, 4.69) is 0 Å². The zero-order chi connectivity index (χ0) is 9.64. The molecule has 0 saturated carbocycles. The lowest BCUT2D eigenvalue weighted by molar-refractivity contribution is -0.232. The van der Waals surface area contributed by atoms with Gasteiger partial charge in [0.1, 0.15) is 12.2 Å². The molecule has 2 rings (SSSR count). The Bertz CT molecular complexity index is 209. The van der Waals surface area contributed by atoms with Gasteiger partial charge in [-0.3, -0.25) is 0 Å². The number of ether oxygens (including phenoxy) is 3. The summed E-state index contributed by atoms with van der Waals surface area (Å²) in [6, 6.07) is 0. The Labute approximate surface area is 74.6 Å². The highest BCUT2D eigenvalue weighted by atomic mass is 16.8. The van der Waals surface area contributed by atoms with E-state index in [4.69, 9.17) is 14.2 Å². The Morgan fingerprint density at radius 3 is 2.69 bits per heavy atom. The first-order valence-corrected chi connectivity index (χ1v) is 4.00. The van der Waals surface area contributed by atoms with Crippen molar-refractivity contribution in [2.75, 3.05) is 13.7 Å². The molecule has 76 valence electrons. The lowest BCUT2D eigenvalue weighted by atomic mass is 10.1. The van der Waals surface area contributed by atoms with Crippen LogP contribution in [0.25, 0.3) is 0 Å². The maximum absolute atomic E-state index is 9.73. The summed E-state index contributed by atoms with van der Waals surface area (Å²) >= 11 is 0. The third-order valence-corrected chi connectivity index (χ3v) is 2.44. The monoisotopic (exact) mass is 192 g/mol. The van der Waals surface area contributed by atoms with Gasteiger partial charge in [0.25, 0.3) is 0 Å². The molecule has 2 saturated heterocycles. The summed E-state index contributed by atoms with van der Waals surface area (Å²) in [6.45, 7) is -0.0470. The molecule has 0 unspecified atom stereocenters. The van der Waals surface area contributed by atoms with Gasteiger partial charge in [0.15, 0.2) is 12.4 Å². The Kier molecular flexibility index (Phi) is 2.06. The van der Waals surface area contributed by atoms with Gasteiger partial charge in [0, 0.05) is 7.11 Å². The van der Waals surface area contributed by atoms with Crippen molar-refractivity contribution >= 4 is 0 Å². The van der Waals surface area contributed by atoms with Crippen LogP contribution in [0.3, 0.4) is 0 Å². The van der Waals surface area contributed by atoms with Gasteiger partial charge in [-0.2, -0.15) is 0 Å². The normalized spacial score (nSPS) is 55.4. The molecule has 3 N–H and O–H groups in total. The quantitative estimate of drug-likeness (QED) is 0.437. The number of hydrogen-bond acceptors (Lipinski definition) is 6. The summed E-state index contributed by atoms with van der Waals surface area (Å²) in [5.74, 6) is -1.83. The van der Waals surface area contributed by atoms with Gasteiger partial charge in [-0.05, 0) is 0 Å². The number of aliphatic hydroxyl groups excluding tert-OH is 2. The fourth-order valence-corrected chi connectivity index (χ4v) is 1.70. The van der Waals surface area contributed by atoms with E-state index in [9.17, 15) is 15.3 Å². The summed E-state index contributed by atoms with van der Waals surface area (Å²) in [5, 5.41) is 28.6. The Hall–Kier alpha value is -0.240. The van der Waals surface area contributed by atoms with E-state index in [1.54, 1.807) is 0 Å². The molecular weight excluding hydrogens is 180 g/mol. The van der Waals surface area contributed by atoms with E-state index in [-0.39, 0.29) is 6.61 Å². The standard InChI is InChI=1S/C7H12O6/c1-11-6-4(9)7(10)5(13-6)3(8)2-12-7/h3-6,8-10H,2H2,1H3/t3-,4+,5-,6-,7-/m1/s1. The van der Waals surface area contributed by atoms with Crippen LogP contribution in [0.15, 0.2) is 0 Å². The summed E-state index contributed by atoms with van der Waals surface area (Å²) in [7, 11) is 1.34. The van der Waals surface area contributed by atoms with E-state index in [1.165, 1.54) is 7.11 Å². The average Bonchev–Trinajstić information content (AvgIpc) is 2.53. The van der Waals surface area contributed by atoms with Crippen molar-refractivity contribution in [3.8, 4) is 0 Å². The molecule has 13 heavy (non-hydrogen) atoms. The third kappa shape index (κ3) is 1.11. The molecule has 2 aliphatic rings. The highest BCUT2D eigenvalue weighted by Crippen LogP contribution is 2.38. The topological polar surface area (TPSA) is 88.4 Å². The van der Waals surface area contributed by atoms with Gasteiger partial charge in [0.05, 0.1) is 6.61 Å². The first kappa shape index (κ1) is 9.32. The Balaban J connectivity index is 2.21. The number of methoxy groups -OCH3 is 1. The van der Waals surface area contributed by atoms with Crippen molar-refractivity contribution < 1.29 is 29.5 Å². The maximum Gasteiger partial charge on any atom is 0.227 e. The molecule has 6 nitrogen and oxygen atoms in total. The average molecular weight is 192 g/mol. The second kappa shape index (κ2) is 2.88. The molecule has 2 heterocycles. The minimum absolute atomic E-state index is 0.0470. The van der Waals surface area contributed by atoms with Crippen LogP contribution >= 0.6 is 0 Å². The van der Waals surface area contributed by atoms with Gasteiger partial charge in [-0.25, -0.2) is 0 Å². The maximum atomic E-state index is 9.73. The van der Waals surface area contributed by atoms with Crippen molar-refractivity contribution in [2.24, 2.45) is 0 Å². The van der Waals surface area contributed by atoms with Gasteiger partial charge >= 0.3 is 0 Å². The molecule has 0 aromatic heterocycles. The van der Waals surface area contributed by atoms with Crippen LogP contribution in [-0.2, 0) is 14.2 Å². The third-order valence-electron chi connectivity index (χ3n) is 2.44. The molecule has 0 amide bonds. The molecule has 2 fully saturated rings. The van der Waals surface area contributed by atoms with Crippen molar-refractivity contribution in [3.05, 3.63) is 0 Å². The lowest BCUT2D eigenvalue weighted by Crippen LogP contribution is -2.48. The number of rotatable bonds is 1. The molecule has 0 aromatic carbocycles. The Morgan fingerprint density at radius 2 is 2.15 bits per heavy atom. The van der Waals surface area contributed by atoms with Gasteiger partial charge < -0.3 is 29.5 Å². The predicted molar refractivity (Wildman–Crippen MR) is 38.6 cm³/mol. The van der Waals surface area contributed by atoms with E-state index in [1.807, 2.05) is 0 Å². The van der Waals surface area contributed by atoms with Crippen molar-refractivity contribution in [2.45, 2.75) is 30.4 Å². The molecule has 5 atom stereocenters. The minimum Gasteiger partial charge on any atom is -0.388 e. The molecule has 0 aromatic rings. The molecule has 0 bridgehead atoms. The first-order valence-electron chi connectivity index (χ1n) is 4.00. The second-order valence-corrected chi connectivity index (χ2v) is 3.24. The van der Waals surface area contributed by atoms with E-state index < -0.39 is 30.4 Å². The summed E-state index contributed by atoms with van der Waals surface area (Å²) in [6.07, 6.45) is -4.11. The van der Waals surface area contributed by atoms with Crippen LogP contribution < -0.4 is 0 Å². The van der Waals surface area contributed by atoms with Crippen LogP contribution in [0, 0.1) is 0 Å². The predicted octanol–water partition coefficient (Wildman–Crippen LogP) is -2.20. The zero-order valence-corrected chi connectivity index (χ0v) is 7.08. The van der Waals surface area contributed by atoms with Crippen LogP contribution in [0.2, 0.25) is 0 Å². The summed E-state index contributed by atoms with van der Waals surface area (Å²) < 4.78 is 14.7. The van der Waals surface area contributed by atoms with Crippen LogP contribution in [-0.4, -0.2) is 59.4 Å². The van der Waals surface area contributed by atoms with Gasteiger partial charge in [-0.1, -0.05) is 0 Å². The smallest absolute Gasteiger partial charge is 0.227 e. The summed E-state index contributed by atoms with van der Waals surface area (Å²) in [4.78, 5) is 0. The van der Waals surface area contributed by atoms with Crippen LogP contribution in [0.4, 0.5) is 0 Å². The minimum atomic E-state index is -1.83. The highest BCUT2D eigenvalue weighted by molar-refractivity contribution is 5.02. The van der Waals surface area contributed by atoms with Crippen molar-refractivity contribution in [1.82, 2.24) is 0 Å². The fraction of sp³-hybridized carbons (Fsp3) is 1.00. The number of fused-ring (bicyclic) bond motifs is 1. The zero-order valence-electron chi connectivity index (χ0n) is 7.08. The molecule has 2 aliphatic heterocycles. The van der Waals surface area contributed by atoms with Crippen molar-refractivity contribution in [3.63, 3.8) is 0 Å². The largest absolute Gasteiger partial charge is 0.388 e. The molecule has 0 aliphatic carbocycles. The molecule has 0 spiro atoms. The Morgan fingerprint density at radius 1 is 1.46 bits per heavy atom. The van der Waals surface area contributed by atoms with Gasteiger partial charge in [0.2, 0.25) is 5.79 Å². The van der Waals surface area contributed by atoms with E-state index in [0.717, 1.165) is 0 Å². The van der Waals surface area contributed by atoms with Crippen molar-refractivity contribution in [1.29, 1.82) is 0 Å². The second-order valence-electron chi connectivity index (χ2n) is 3.24. The lowest BCUT2D eigenvalue weighted by Gasteiger charge is -2.23. The van der Waals surface area contributed by atoms with Crippen LogP contribution in [0.1, 0.15) is 0 Å². The number of aliphatic hydroxyl groups is 3. The van der Waals surface area contributed by atoms with Crippen LogP contribution in [0.5, 0.6) is 0 Å². The van der Waals surface area contributed by atoms with Gasteiger partial charge in [-0.15, -0.1) is 0 Å². The molecule has 0 radical (unpaired) electrons. The number of hydrogen-bond donors (Lipinski definition) is 3. The SMILES string of the molecule is CO[C@@H]1O[C@@H]2[C@H](O)CO[C@]2(O)[C@H]1O.